The Morgan fingerprint density at radius 1 is 1.26 bits per heavy atom. The molecule has 118 valence electrons. The Morgan fingerprint density at radius 2 is 2.04 bits per heavy atom. The first-order valence-electron chi connectivity index (χ1n) is 6.85. The van der Waals surface area contributed by atoms with Crippen molar-refractivity contribution in [2.75, 3.05) is 7.11 Å². The zero-order valence-electron chi connectivity index (χ0n) is 12.2. The Bertz CT molecular complexity index is 902. The van der Waals surface area contributed by atoms with Gasteiger partial charge >= 0.3 is 5.97 Å². The summed E-state index contributed by atoms with van der Waals surface area (Å²) in [6.45, 7) is 0. The highest BCUT2D eigenvalue weighted by molar-refractivity contribution is 6.39. The van der Waals surface area contributed by atoms with Gasteiger partial charge in [0.05, 0.1) is 24.2 Å². The molecular formula is C17H13Cl2NO3. The van der Waals surface area contributed by atoms with Gasteiger partial charge in [-0.1, -0.05) is 35.3 Å². The molecule has 0 aliphatic rings. The number of halogens is 2. The van der Waals surface area contributed by atoms with E-state index in [1.165, 1.54) is 0 Å². The van der Waals surface area contributed by atoms with Crippen molar-refractivity contribution in [2.45, 2.75) is 6.42 Å². The summed E-state index contributed by atoms with van der Waals surface area (Å²) in [4.78, 5) is 14.5. The number of ether oxygens (including phenoxy) is 1. The van der Waals surface area contributed by atoms with Gasteiger partial charge in [0.15, 0.2) is 0 Å². The van der Waals surface area contributed by atoms with Crippen LogP contribution in [-0.4, -0.2) is 23.2 Å². The molecule has 0 saturated carbocycles. The first kappa shape index (κ1) is 15.7. The standard InChI is InChI=1S/C17H13Cl2NO3/c1-23-11-4-2-3-9(5-11)17-12(8-15(21)22)16-13(19)6-10(18)7-14(16)20-17/h2-7,20H,8H2,1H3,(H,21,22). The summed E-state index contributed by atoms with van der Waals surface area (Å²) in [5, 5.41) is 10.8. The second-order valence-electron chi connectivity index (χ2n) is 5.09. The number of aliphatic carboxylic acids is 1. The van der Waals surface area contributed by atoms with Crippen LogP contribution in [0.25, 0.3) is 22.2 Å². The molecule has 23 heavy (non-hydrogen) atoms. The van der Waals surface area contributed by atoms with Gasteiger partial charge in [0.25, 0.3) is 0 Å². The van der Waals surface area contributed by atoms with Crippen molar-refractivity contribution in [3.63, 3.8) is 0 Å². The van der Waals surface area contributed by atoms with Crippen molar-refractivity contribution in [1.82, 2.24) is 4.98 Å². The lowest BCUT2D eigenvalue weighted by Gasteiger charge is -2.06. The number of hydrogen-bond donors (Lipinski definition) is 2. The summed E-state index contributed by atoms with van der Waals surface area (Å²) in [7, 11) is 1.58. The topological polar surface area (TPSA) is 62.3 Å². The Morgan fingerprint density at radius 3 is 2.74 bits per heavy atom. The largest absolute Gasteiger partial charge is 0.497 e. The van der Waals surface area contributed by atoms with Gasteiger partial charge < -0.3 is 14.8 Å². The zero-order valence-corrected chi connectivity index (χ0v) is 13.7. The fraction of sp³-hybridized carbons (Fsp3) is 0.118. The highest BCUT2D eigenvalue weighted by Gasteiger charge is 2.19. The summed E-state index contributed by atoms with van der Waals surface area (Å²) in [5.74, 6) is -0.243. The highest BCUT2D eigenvalue weighted by Crippen LogP contribution is 2.37. The molecule has 0 spiro atoms. The number of nitrogens with one attached hydrogen (secondary N) is 1. The van der Waals surface area contributed by atoms with Crippen LogP contribution in [0, 0.1) is 0 Å². The third-order valence-corrected chi connectivity index (χ3v) is 4.12. The second-order valence-corrected chi connectivity index (χ2v) is 5.93. The molecule has 0 radical (unpaired) electrons. The summed E-state index contributed by atoms with van der Waals surface area (Å²) in [5.41, 5.74) is 2.86. The Hall–Kier alpha value is -2.17. The van der Waals surface area contributed by atoms with E-state index in [2.05, 4.69) is 4.98 Å². The van der Waals surface area contributed by atoms with Crippen molar-refractivity contribution in [3.05, 3.63) is 52.0 Å². The minimum Gasteiger partial charge on any atom is -0.497 e. The van der Waals surface area contributed by atoms with Gasteiger partial charge in [0.2, 0.25) is 0 Å². The Kier molecular flexibility index (Phi) is 4.20. The third-order valence-electron chi connectivity index (χ3n) is 3.60. The lowest BCUT2D eigenvalue weighted by atomic mass is 10.0. The molecule has 3 rings (SSSR count). The molecule has 0 aliphatic carbocycles. The number of carboxylic acids is 1. The maximum Gasteiger partial charge on any atom is 0.307 e. The molecule has 6 heteroatoms. The molecule has 0 amide bonds. The van der Waals surface area contributed by atoms with Gasteiger partial charge in [0.1, 0.15) is 5.75 Å². The SMILES string of the molecule is COc1cccc(-c2[nH]c3cc(Cl)cc(Cl)c3c2CC(=O)O)c1. The van der Waals surface area contributed by atoms with E-state index in [4.69, 9.17) is 27.9 Å². The molecule has 1 heterocycles. The number of hydrogen-bond acceptors (Lipinski definition) is 2. The molecule has 0 saturated heterocycles. The number of H-pyrrole nitrogens is 1. The molecule has 0 bridgehead atoms. The molecule has 1 aromatic heterocycles. The number of carboxylic acid groups (broad SMARTS) is 1. The Labute approximate surface area is 142 Å². The van der Waals surface area contributed by atoms with E-state index in [0.29, 0.717) is 38.0 Å². The molecule has 3 aromatic rings. The van der Waals surface area contributed by atoms with Crippen molar-refractivity contribution in [2.24, 2.45) is 0 Å². The quantitative estimate of drug-likeness (QED) is 0.712. The van der Waals surface area contributed by atoms with Crippen molar-refractivity contribution < 1.29 is 14.6 Å². The van der Waals surface area contributed by atoms with Crippen LogP contribution in [0.4, 0.5) is 0 Å². The normalized spacial score (nSPS) is 10.9. The van der Waals surface area contributed by atoms with Crippen LogP contribution in [0.3, 0.4) is 0 Å². The van der Waals surface area contributed by atoms with Crippen LogP contribution in [0.1, 0.15) is 5.56 Å². The minimum atomic E-state index is -0.930. The number of benzene rings is 2. The molecular weight excluding hydrogens is 337 g/mol. The molecule has 4 nitrogen and oxygen atoms in total. The van der Waals surface area contributed by atoms with E-state index in [-0.39, 0.29) is 6.42 Å². The predicted octanol–water partition coefficient (Wildman–Crippen LogP) is 4.78. The number of carbonyl (C=O) groups is 1. The Balaban J connectivity index is 2.30. The first-order chi connectivity index (χ1) is 11.0. The van der Waals surface area contributed by atoms with E-state index >= 15 is 0 Å². The van der Waals surface area contributed by atoms with Crippen LogP contribution in [0.2, 0.25) is 10.0 Å². The molecule has 0 aliphatic heterocycles. The lowest BCUT2D eigenvalue weighted by Crippen LogP contribution is -2.01. The molecule has 0 fully saturated rings. The van der Waals surface area contributed by atoms with Gasteiger partial charge in [-0.05, 0) is 29.8 Å². The van der Waals surface area contributed by atoms with Crippen LogP contribution in [0.15, 0.2) is 36.4 Å². The van der Waals surface area contributed by atoms with E-state index in [9.17, 15) is 9.90 Å². The molecule has 2 aromatic carbocycles. The first-order valence-corrected chi connectivity index (χ1v) is 7.61. The van der Waals surface area contributed by atoms with Crippen molar-refractivity contribution in [3.8, 4) is 17.0 Å². The van der Waals surface area contributed by atoms with Gasteiger partial charge in [-0.2, -0.15) is 0 Å². The van der Waals surface area contributed by atoms with Crippen molar-refractivity contribution >= 4 is 40.1 Å². The molecule has 2 N–H and O–H groups in total. The van der Waals surface area contributed by atoms with E-state index < -0.39 is 5.97 Å². The fourth-order valence-corrected chi connectivity index (χ4v) is 3.27. The average molecular weight is 350 g/mol. The smallest absolute Gasteiger partial charge is 0.307 e. The highest BCUT2D eigenvalue weighted by atomic mass is 35.5. The van der Waals surface area contributed by atoms with Crippen molar-refractivity contribution in [1.29, 1.82) is 0 Å². The zero-order chi connectivity index (χ0) is 16.6. The number of aromatic amines is 1. The van der Waals surface area contributed by atoms with Gasteiger partial charge in [-0.3, -0.25) is 4.79 Å². The molecule has 0 atom stereocenters. The average Bonchev–Trinajstić information content (AvgIpc) is 2.85. The maximum atomic E-state index is 11.3. The van der Waals surface area contributed by atoms with Gasteiger partial charge in [0, 0.05) is 21.5 Å². The van der Waals surface area contributed by atoms with Crippen LogP contribution in [0.5, 0.6) is 5.75 Å². The van der Waals surface area contributed by atoms with Gasteiger partial charge in [-0.25, -0.2) is 0 Å². The summed E-state index contributed by atoms with van der Waals surface area (Å²) in [6.07, 6.45) is -0.145. The number of rotatable bonds is 4. The number of fused-ring (bicyclic) bond motifs is 1. The van der Waals surface area contributed by atoms with E-state index in [0.717, 1.165) is 5.56 Å². The maximum absolute atomic E-state index is 11.3. The van der Waals surface area contributed by atoms with Crippen LogP contribution < -0.4 is 4.74 Å². The summed E-state index contributed by atoms with van der Waals surface area (Å²) >= 11 is 12.3. The minimum absolute atomic E-state index is 0.145. The summed E-state index contributed by atoms with van der Waals surface area (Å²) in [6, 6.07) is 10.7. The van der Waals surface area contributed by atoms with E-state index in [1.807, 2.05) is 24.3 Å². The van der Waals surface area contributed by atoms with Crippen LogP contribution in [-0.2, 0) is 11.2 Å². The fourth-order valence-electron chi connectivity index (χ4n) is 2.67. The third kappa shape index (κ3) is 3.00. The second kappa shape index (κ2) is 6.14. The lowest BCUT2D eigenvalue weighted by molar-refractivity contribution is -0.136. The number of methoxy groups -OCH3 is 1. The van der Waals surface area contributed by atoms with Crippen LogP contribution >= 0.6 is 23.2 Å². The van der Waals surface area contributed by atoms with E-state index in [1.54, 1.807) is 19.2 Å². The monoisotopic (exact) mass is 349 g/mol. The van der Waals surface area contributed by atoms with Gasteiger partial charge in [-0.15, -0.1) is 0 Å². The summed E-state index contributed by atoms with van der Waals surface area (Å²) < 4.78 is 5.24. The molecule has 0 unspecified atom stereocenters. The number of aromatic nitrogens is 1. The predicted molar refractivity (Wildman–Crippen MR) is 91.6 cm³/mol.